The third-order valence-electron chi connectivity index (χ3n) is 6.34. The van der Waals surface area contributed by atoms with E-state index in [1.807, 2.05) is 22.9 Å². The van der Waals surface area contributed by atoms with Gasteiger partial charge >= 0.3 is 0 Å². The van der Waals surface area contributed by atoms with E-state index >= 15 is 0 Å². The Morgan fingerprint density at radius 2 is 1.94 bits per heavy atom. The summed E-state index contributed by atoms with van der Waals surface area (Å²) in [5.74, 6) is 1.27. The Balaban J connectivity index is 1.48. The fraction of sp³-hybridized carbons (Fsp3) is 0.320. The fourth-order valence-corrected chi connectivity index (χ4v) is 4.47. The van der Waals surface area contributed by atoms with Gasteiger partial charge in [0.1, 0.15) is 11.4 Å². The van der Waals surface area contributed by atoms with Crippen LogP contribution in [-0.2, 0) is 18.7 Å². The monoisotopic (exact) mass is 442 g/mol. The van der Waals surface area contributed by atoms with E-state index in [0.29, 0.717) is 22.7 Å². The zero-order valence-electron chi connectivity index (χ0n) is 18.7. The molecule has 1 aliphatic heterocycles. The van der Waals surface area contributed by atoms with Crippen LogP contribution >= 0.6 is 0 Å². The van der Waals surface area contributed by atoms with Crippen LogP contribution in [0.4, 0.5) is 11.5 Å². The van der Waals surface area contributed by atoms with Crippen LogP contribution in [-0.4, -0.2) is 24.4 Å². The summed E-state index contributed by atoms with van der Waals surface area (Å²) in [6, 6.07) is 13.9. The number of hydrogen-bond acceptors (Lipinski definition) is 6. The maximum Gasteiger partial charge on any atom is 0.276 e. The van der Waals surface area contributed by atoms with Crippen molar-refractivity contribution in [3.8, 4) is 5.82 Å². The van der Waals surface area contributed by atoms with Gasteiger partial charge in [-0.3, -0.25) is 4.79 Å². The van der Waals surface area contributed by atoms with Crippen LogP contribution in [0.15, 0.2) is 53.5 Å². The zero-order valence-corrected chi connectivity index (χ0v) is 18.7. The van der Waals surface area contributed by atoms with Gasteiger partial charge in [-0.25, -0.2) is 19.3 Å². The Bertz CT molecular complexity index is 1440. The topological polar surface area (TPSA) is 97.0 Å². The van der Waals surface area contributed by atoms with Gasteiger partial charge in [0.15, 0.2) is 5.82 Å². The highest BCUT2D eigenvalue weighted by molar-refractivity contribution is 5.82. The largest absolute Gasteiger partial charge is 0.384 e. The lowest BCUT2D eigenvalue weighted by molar-refractivity contribution is 0.0738. The van der Waals surface area contributed by atoms with Crippen molar-refractivity contribution in [3.05, 3.63) is 75.8 Å². The summed E-state index contributed by atoms with van der Waals surface area (Å²) in [5.41, 5.74) is 3.71. The number of rotatable bonds is 5. The molecule has 1 aromatic carbocycles. The van der Waals surface area contributed by atoms with Crippen molar-refractivity contribution in [2.24, 2.45) is 0 Å². The molecule has 33 heavy (non-hydrogen) atoms. The van der Waals surface area contributed by atoms with Gasteiger partial charge < -0.3 is 15.7 Å². The first-order valence-electron chi connectivity index (χ1n) is 11.3. The van der Waals surface area contributed by atoms with E-state index in [1.54, 1.807) is 30.8 Å². The number of hydrogen-bond donors (Lipinski definition) is 3. The van der Waals surface area contributed by atoms with Crippen LogP contribution in [0, 0.1) is 0 Å². The highest BCUT2D eigenvalue weighted by Gasteiger charge is 2.31. The standard InChI is InChI=1S/C25H26N6O2/c1-25(2,33)21-4-3-5-23(29-21)31-20-11-22(27-14-19(20)24(32)30(31)18-8-9-18)28-17-7-6-15-12-26-13-16(15)10-17/h3-7,10-11,14,18,26,33H,8-9,12-13H2,1-2H3,(H,27,28). The molecule has 0 unspecified atom stereocenters. The molecule has 0 atom stereocenters. The molecule has 168 valence electrons. The molecule has 6 rings (SSSR count). The predicted molar refractivity (Wildman–Crippen MR) is 127 cm³/mol. The third kappa shape index (κ3) is 3.51. The second-order valence-electron chi connectivity index (χ2n) is 9.43. The number of aromatic nitrogens is 4. The average Bonchev–Trinajstić information content (AvgIpc) is 3.45. The summed E-state index contributed by atoms with van der Waals surface area (Å²) in [6.45, 7) is 5.18. The van der Waals surface area contributed by atoms with Crippen LogP contribution in [0.1, 0.15) is 49.6 Å². The quantitative estimate of drug-likeness (QED) is 0.438. The minimum atomic E-state index is -1.08. The number of nitrogens with one attached hydrogen (secondary N) is 2. The van der Waals surface area contributed by atoms with Crippen LogP contribution in [0.5, 0.6) is 0 Å². The molecule has 3 aromatic heterocycles. The lowest BCUT2D eigenvalue weighted by Crippen LogP contribution is -2.23. The molecular formula is C25H26N6O2. The normalized spacial score (nSPS) is 15.7. The molecule has 1 aliphatic carbocycles. The molecule has 1 saturated carbocycles. The zero-order chi connectivity index (χ0) is 22.7. The van der Waals surface area contributed by atoms with E-state index in [4.69, 9.17) is 4.98 Å². The number of pyridine rings is 2. The third-order valence-corrected chi connectivity index (χ3v) is 6.34. The summed E-state index contributed by atoms with van der Waals surface area (Å²) < 4.78 is 3.66. The van der Waals surface area contributed by atoms with Crippen LogP contribution < -0.4 is 16.2 Å². The number of fused-ring (bicyclic) bond motifs is 2. The summed E-state index contributed by atoms with van der Waals surface area (Å²) >= 11 is 0. The van der Waals surface area contributed by atoms with Crippen LogP contribution in [0.3, 0.4) is 0 Å². The molecule has 0 bridgehead atoms. The maximum absolute atomic E-state index is 13.3. The van der Waals surface area contributed by atoms with Gasteiger partial charge in [-0.05, 0) is 62.1 Å². The minimum Gasteiger partial charge on any atom is -0.384 e. The predicted octanol–water partition coefficient (Wildman–Crippen LogP) is 3.49. The molecule has 4 aromatic rings. The first kappa shape index (κ1) is 20.1. The second-order valence-corrected chi connectivity index (χ2v) is 9.43. The SMILES string of the molecule is CC(C)(O)c1cccc(-n2c3cc(Nc4ccc5c(c4)CNC5)ncc3c(=O)n2C2CC2)n1. The van der Waals surface area contributed by atoms with Crippen LogP contribution in [0.2, 0.25) is 0 Å². The van der Waals surface area contributed by atoms with Crippen molar-refractivity contribution in [2.45, 2.75) is 51.4 Å². The number of benzene rings is 1. The summed E-state index contributed by atoms with van der Waals surface area (Å²) in [6.07, 6.45) is 3.57. The highest BCUT2D eigenvalue weighted by atomic mass is 16.3. The van der Waals surface area contributed by atoms with Crippen molar-refractivity contribution in [3.63, 3.8) is 0 Å². The highest BCUT2D eigenvalue weighted by Crippen LogP contribution is 2.36. The second kappa shape index (κ2) is 7.26. The van der Waals surface area contributed by atoms with E-state index in [-0.39, 0.29) is 11.6 Å². The molecule has 2 aliphatic rings. The summed E-state index contributed by atoms with van der Waals surface area (Å²) in [5, 5.41) is 17.8. The molecular weight excluding hydrogens is 416 g/mol. The Hall–Kier alpha value is -3.49. The van der Waals surface area contributed by atoms with Crippen molar-refractivity contribution in [1.29, 1.82) is 0 Å². The molecule has 0 saturated heterocycles. The molecule has 1 fully saturated rings. The van der Waals surface area contributed by atoms with Gasteiger partial charge in [0.05, 0.1) is 22.6 Å². The average molecular weight is 443 g/mol. The summed E-state index contributed by atoms with van der Waals surface area (Å²) in [7, 11) is 0. The lowest BCUT2D eigenvalue weighted by Gasteiger charge is -2.18. The number of anilines is 2. The van der Waals surface area contributed by atoms with E-state index < -0.39 is 5.60 Å². The summed E-state index contributed by atoms with van der Waals surface area (Å²) in [4.78, 5) is 22.5. The molecule has 0 spiro atoms. The molecule has 8 nitrogen and oxygen atoms in total. The molecule has 0 amide bonds. The number of nitrogens with zero attached hydrogens (tertiary/aromatic N) is 4. The van der Waals surface area contributed by atoms with Crippen molar-refractivity contribution < 1.29 is 5.11 Å². The molecule has 4 heterocycles. The molecule has 3 N–H and O–H groups in total. The van der Waals surface area contributed by atoms with E-state index in [2.05, 4.69) is 33.8 Å². The molecule has 0 radical (unpaired) electrons. The van der Waals surface area contributed by atoms with Gasteiger partial charge in [-0.1, -0.05) is 12.1 Å². The van der Waals surface area contributed by atoms with Crippen LogP contribution in [0.25, 0.3) is 16.7 Å². The first-order chi connectivity index (χ1) is 15.9. The Kier molecular flexibility index (Phi) is 4.43. The maximum atomic E-state index is 13.3. The number of aliphatic hydroxyl groups is 1. The first-order valence-corrected chi connectivity index (χ1v) is 11.3. The van der Waals surface area contributed by atoms with Crippen molar-refractivity contribution in [1.82, 2.24) is 24.6 Å². The van der Waals surface area contributed by atoms with Gasteiger partial charge in [-0.2, -0.15) is 0 Å². The fourth-order valence-electron chi connectivity index (χ4n) is 4.47. The van der Waals surface area contributed by atoms with Gasteiger partial charge in [0.25, 0.3) is 5.56 Å². The van der Waals surface area contributed by atoms with Crippen molar-refractivity contribution in [2.75, 3.05) is 5.32 Å². The van der Waals surface area contributed by atoms with Crippen molar-refractivity contribution >= 4 is 22.4 Å². The minimum absolute atomic E-state index is 0.0642. The molecule has 8 heteroatoms. The van der Waals surface area contributed by atoms with E-state index in [1.165, 1.54) is 11.1 Å². The Morgan fingerprint density at radius 3 is 2.73 bits per heavy atom. The van der Waals surface area contributed by atoms with E-state index in [0.717, 1.165) is 37.1 Å². The lowest BCUT2D eigenvalue weighted by atomic mass is 10.1. The van der Waals surface area contributed by atoms with Gasteiger partial charge in [-0.15, -0.1) is 0 Å². The smallest absolute Gasteiger partial charge is 0.276 e. The van der Waals surface area contributed by atoms with E-state index in [9.17, 15) is 9.90 Å². The Labute approximate surface area is 190 Å². The van der Waals surface area contributed by atoms with Gasteiger partial charge in [0.2, 0.25) is 0 Å². The van der Waals surface area contributed by atoms with Gasteiger partial charge in [0, 0.05) is 31.0 Å². The Morgan fingerprint density at radius 1 is 1.12 bits per heavy atom.